The fourth-order valence-corrected chi connectivity index (χ4v) is 1.76. The van der Waals surface area contributed by atoms with Crippen LogP contribution in [0.1, 0.15) is 25.7 Å². The van der Waals surface area contributed by atoms with E-state index < -0.39 is 5.82 Å². The van der Waals surface area contributed by atoms with E-state index >= 15 is 0 Å². The van der Waals surface area contributed by atoms with Gasteiger partial charge < -0.3 is 9.84 Å². The van der Waals surface area contributed by atoms with Crippen LogP contribution >= 0.6 is 0 Å². The van der Waals surface area contributed by atoms with Crippen LogP contribution in [-0.4, -0.2) is 11.2 Å². The molecule has 2 nitrogen and oxygen atoms in total. The molecule has 0 amide bonds. The molecule has 1 aromatic rings. The van der Waals surface area contributed by atoms with Crippen molar-refractivity contribution in [1.82, 2.24) is 0 Å². The van der Waals surface area contributed by atoms with Crippen molar-refractivity contribution >= 4 is 0 Å². The van der Waals surface area contributed by atoms with E-state index in [-0.39, 0.29) is 11.9 Å². The minimum absolute atomic E-state index is 0.236. The maximum atomic E-state index is 12.7. The number of rotatable bonds is 2. The number of hydrogen-bond acceptors (Lipinski definition) is 2. The van der Waals surface area contributed by atoms with Crippen LogP contribution in [-0.2, 0) is 0 Å². The highest BCUT2D eigenvalue weighted by Gasteiger charge is 2.16. The monoisotopic (exact) mass is 196 g/mol. The van der Waals surface area contributed by atoms with E-state index in [1.54, 1.807) is 6.07 Å². The second-order valence-corrected chi connectivity index (χ2v) is 3.64. The molecule has 3 heteroatoms. The molecule has 0 saturated heterocycles. The summed E-state index contributed by atoms with van der Waals surface area (Å²) in [5, 5.41) is 9.12. The SMILES string of the molecule is Oc1cc(OC2CCCC2)ccc1F. The Morgan fingerprint density at radius 1 is 1.29 bits per heavy atom. The summed E-state index contributed by atoms with van der Waals surface area (Å²) < 4.78 is 18.3. The second-order valence-electron chi connectivity index (χ2n) is 3.64. The first-order chi connectivity index (χ1) is 6.75. The zero-order valence-corrected chi connectivity index (χ0v) is 7.87. The van der Waals surface area contributed by atoms with E-state index in [0.717, 1.165) is 12.8 Å². The maximum Gasteiger partial charge on any atom is 0.165 e. The first-order valence-corrected chi connectivity index (χ1v) is 4.91. The Labute approximate surface area is 82.3 Å². The van der Waals surface area contributed by atoms with Crippen molar-refractivity contribution in [2.75, 3.05) is 0 Å². The van der Waals surface area contributed by atoms with Crippen LogP contribution in [0.4, 0.5) is 4.39 Å². The van der Waals surface area contributed by atoms with Crippen LogP contribution in [0.15, 0.2) is 18.2 Å². The molecule has 0 atom stereocenters. The van der Waals surface area contributed by atoms with E-state index in [1.165, 1.54) is 25.0 Å². The molecule has 1 aromatic carbocycles. The molecule has 76 valence electrons. The molecule has 1 N–H and O–H groups in total. The Bertz CT molecular complexity index is 319. The van der Waals surface area contributed by atoms with Gasteiger partial charge in [0, 0.05) is 6.07 Å². The first-order valence-electron chi connectivity index (χ1n) is 4.91. The number of phenols is 1. The van der Waals surface area contributed by atoms with Gasteiger partial charge in [-0.15, -0.1) is 0 Å². The predicted octanol–water partition coefficient (Wildman–Crippen LogP) is 2.85. The summed E-state index contributed by atoms with van der Waals surface area (Å²) in [6.45, 7) is 0. The van der Waals surface area contributed by atoms with Crippen molar-refractivity contribution in [3.05, 3.63) is 24.0 Å². The minimum Gasteiger partial charge on any atom is -0.505 e. The molecule has 1 aliphatic carbocycles. The van der Waals surface area contributed by atoms with Crippen molar-refractivity contribution in [2.45, 2.75) is 31.8 Å². The average Bonchev–Trinajstić information content (AvgIpc) is 2.64. The third-order valence-electron chi connectivity index (χ3n) is 2.52. The normalized spacial score (nSPS) is 17.2. The molecular formula is C11H13FO2. The number of aromatic hydroxyl groups is 1. The van der Waals surface area contributed by atoms with E-state index in [4.69, 9.17) is 9.84 Å². The van der Waals surface area contributed by atoms with E-state index in [2.05, 4.69) is 0 Å². The highest BCUT2D eigenvalue weighted by Crippen LogP contribution is 2.27. The number of ether oxygens (including phenoxy) is 1. The van der Waals surface area contributed by atoms with Gasteiger partial charge in [-0.2, -0.15) is 0 Å². The van der Waals surface area contributed by atoms with Crippen molar-refractivity contribution in [3.8, 4) is 11.5 Å². The quantitative estimate of drug-likeness (QED) is 0.788. The number of halogens is 1. The summed E-state index contributed by atoms with van der Waals surface area (Å²) in [6, 6.07) is 4.10. The molecule has 0 spiro atoms. The van der Waals surface area contributed by atoms with Crippen LogP contribution in [0, 0.1) is 5.82 Å². The van der Waals surface area contributed by atoms with Gasteiger partial charge >= 0.3 is 0 Å². The highest BCUT2D eigenvalue weighted by molar-refractivity contribution is 5.33. The lowest BCUT2D eigenvalue weighted by Crippen LogP contribution is -2.10. The lowest BCUT2D eigenvalue weighted by molar-refractivity contribution is 0.209. The molecule has 0 bridgehead atoms. The largest absolute Gasteiger partial charge is 0.505 e. The zero-order valence-electron chi connectivity index (χ0n) is 7.87. The smallest absolute Gasteiger partial charge is 0.165 e. The Morgan fingerprint density at radius 2 is 2.00 bits per heavy atom. The summed E-state index contributed by atoms with van der Waals surface area (Å²) in [7, 11) is 0. The molecule has 0 unspecified atom stereocenters. The molecule has 0 aliphatic heterocycles. The van der Waals surface area contributed by atoms with Gasteiger partial charge in [-0.3, -0.25) is 0 Å². The fraction of sp³-hybridized carbons (Fsp3) is 0.455. The van der Waals surface area contributed by atoms with Gasteiger partial charge in [0.05, 0.1) is 6.10 Å². The van der Waals surface area contributed by atoms with Crippen molar-refractivity contribution < 1.29 is 14.2 Å². The number of phenolic OH excluding ortho intramolecular Hbond substituents is 1. The second kappa shape index (κ2) is 3.86. The number of hydrogen-bond donors (Lipinski definition) is 1. The first kappa shape index (κ1) is 9.31. The molecule has 0 aromatic heterocycles. The standard InChI is InChI=1S/C11H13FO2/c12-10-6-5-9(7-11(10)13)14-8-3-1-2-4-8/h5-8,13H,1-4H2. The zero-order chi connectivity index (χ0) is 9.97. The van der Waals surface area contributed by atoms with Gasteiger partial charge in [0.15, 0.2) is 11.6 Å². The summed E-state index contributed by atoms with van der Waals surface area (Å²) in [4.78, 5) is 0. The van der Waals surface area contributed by atoms with Gasteiger partial charge in [-0.1, -0.05) is 0 Å². The van der Waals surface area contributed by atoms with Crippen LogP contribution in [0.25, 0.3) is 0 Å². The van der Waals surface area contributed by atoms with Gasteiger partial charge in [0.2, 0.25) is 0 Å². The molecule has 0 heterocycles. The number of benzene rings is 1. The third kappa shape index (κ3) is 1.97. The van der Waals surface area contributed by atoms with Crippen molar-refractivity contribution in [3.63, 3.8) is 0 Å². The summed E-state index contributed by atoms with van der Waals surface area (Å²) in [5.74, 6) is -0.403. The predicted molar refractivity (Wildman–Crippen MR) is 50.9 cm³/mol. The Balaban J connectivity index is 2.05. The van der Waals surface area contributed by atoms with E-state index in [9.17, 15) is 4.39 Å². The molecular weight excluding hydrogens is 183 g/mol. The molecule has 2 rings (SSSR count). The Morgan fingerprint density at radius 3 is 2.64 bits per heavy atom. The average molecular weight is 196 g/mol. The van der Waals surface area contributed by atoms with E-state index in [1.807, 2.05) is 0 Å². The third-order valence-corrected chi connectivity index (χ3v) is 2.52. The molecule has 1 aliphatic rings. The molecule has 1 fully saturated rings. The highest BCUT2D eigenvalue weighted by atomic mass is 19.1. The van der Waals surface area contributed by atoms with Gasteiger partial charge in [-0.25, -0.2) is 4.39 Å². The summed E-state index contributed by atoms with van der Waals surface area (Å²) in [5.41, 5.74) is 0. The summed E-state index contributed by atoms with van der Waals surface area (Å²) >= 11 is 0. The maximum absolute atomic E-state index is 12.7. The van der Waals surface area contributed by atoms with Gasteiger partial charge in [-0.05, 0) is 37.8 Å². The molecule has 14 heavy (non-hydrogen) atoms. The van der Waals surface area contributed by atoms with E-state index in [0.29, 0.717) is 5.75 Å². The van der Waals surface area contributed by atoms with Crippen molar-refractivity contribution in [2.24, 2.45) is 0 Å². The van der Waals surface area contributed by atoms with Crippen LogP contribution in [0.3, 0.4) is 0 Å². The van der Waals surface area contributed by atoms with Gasteiger partial charge in [0.1, 0.15) is 5.75 Å². The molecule has 1 saturated carbocycles. The Kier molecular flexibility index (Phi) is 2.57. The topological polar surface area (TPSA) is 29.5 Å². The lowest BCUT2D eigenvalue weighted by Gasteiger charge is -2.12. The molecule has 0 radical (unpaired) electrons. The lowest BCUT2D eigenvalue weighted by atomic mass is 10.3. The minimum atomic E-state index is -0.608. The van der Waals surface area contributed by atoms with Crippen LogP contribution < -0.4 is 4.74 Å². The van der Waals surface area contributed by atoms with Crippen molar-refractivity contribution in [1.29, 1.82) is 0 Å². The summed E-state index contributed by atoms with van der Waals surface area (Å²) in [6.07, 6.45) is 4.73. The van der Waals surface area contributed by atoms with Crippen LogP contribution in [0.5, 0.6) is 11.5 Å². The van der Waals surface area contributed by atoms with Crippen LogP contribution in [0.2, 0.25) is 0 Å². The fourth-order valence-electron chi connectivity index (χ4n) is 1.76. The Hall–Kier alpha value is -1.25. The van der Waals surface area contributed by atoms with Gasteiger partial charge in [0.25, 0.3) is 0 Å².